The van der Waals surface area contributed by atoms with Crippen molar-refractivity contribution in [1.29, 1.82) is 0 Å². The van der Waals surface area contributed by atoms with Gasteiger partial charge in [0, 0.05) is 25.7 Å². The van der Waals surface area contributed by atoms with Gasteiger partial charge in [-0.1, -0.05) is 135 Å². The quantitative estimate of drug-likeness (QED) is 0.128. The van der Waals surface area contributed by atoms with Gasteiger partial charge in [-0.2, -0.15) is 0 Å². The van der Waals surface area contributed by atoms with Crippen LogP contribution in [0.5, 0.6) is 0 Å². The number of benzene rings is 6. The van der Waals surface area contributed by atoms with E-state index in [0.29, 0.717) is 0 Å². The van der Waals surface area contributed by atoms with E-state index >= 15 is 0 Å². The van der Waals surface area contributed by atoms with Crippen molar-refractivity contribution in [1.82, 2.24) is 0 Å². The van der Waals surface area contributed by atoms with Crippen LogP contribution >= 0.6 is 54.5 Å². The minimum Gasteiger partial charge on any atom is -0.399 e. The zero-order chi connectivity index (χ0) is 37.2. The predicted octanol–water partition coefficient (Wildman–Crippen LogP) is 13.2. The molecule has 0 unspecified atom stereocenters. The van der Waals surface area contributed by atoms with Crippen LogP contribution in [0.15, 0.2) is 118 Å². The Morgan fingerprint density at radius 2 is 1.08 bits per heavy atom. The number of halogens is 3. The molecule has 10 rings (SSSR count). The standard InChI is InChI=1S/C18H19BO2.C18H11Br.C6H4BrI.C4H8O/c1-17(2)18(3,4)21-19(20-17)15-11-10-13-9-8-12-6-5-7-14(15)16(12)13;19-15-5-1-4-14(11-15)16-10-9-13-8-7-12-3-2-6-17(16)18(12)13;7-5-2-1-3-6(8)4-5;1-2-4-5-3-1/h5-11H,1-4H3;1-11H;1-4H;1-4H2. The van der Waals surface area contributed by atoms with Gasteiger partial charge in [-0.25, -0.2) is 0 Å². The fraction of sp³-hybridized carbons (Fsp3) is 0.217. The van der Waals surface area contributed by atoms with Crippen LogP contribution in [0.3, 0.4) is 0 Å². The fourth-order valence-corrected chi connectivity index (χ4v) is 8.69. The zero-order valence-electron chi connectivity index (χ0n) is 30.5. The minimum atomic E-state index is -0.307. The molecule has 4 aliphatic rings. The predicted molar refractivity (Wildman–Crippen MR) is 242 cm³/mol. The maximum atomic E-state index is 6.22. The molecule has 6 aromatic rings. The van der Waals surface area contributed by atoms with Crippen LogP contribution in [0.1, 0.15) is 62.8 Å². The maximum absolute atomic E-state index is 6.22. The molecule has 0 amide bonds. The van der Waals surface area contributed by atoms with E-state index in [0.717, 1.165) is 27.6 Å². The van der Waals surface area contributed by atoms with Crippen molar-refractivity contribution in [2.75, 3.05) is 13.2 Å². The Morgan fingerprint density at radius 3 is 1.60 bits per heavy atom. The van der Waals surface area contributed by atoms with E-state index in [1.54, 1.807) is 0 Å². The molecule has 0 N–H and O–H groups in total. The Labute approximate surface area is 344 Å². The average molecular weight is 940 g/mol. The van der Waals surface area contributed by atoms with Gasteiger partial charge in [-0.3, -0.25) is 0 Å². The molecular formula is C46H42BBr2IO3. The molecule has 268 valence electrons. The first-order chi connectivity index (χ1) is 25.5. The first-order valence-corrected chi connectivity index (χ1v) is 20.8. The molecule has 53 heavy (non-hydrogen) atoms. The van der Waals surface area contributed by atoms with Crippen molar-refractivity contribution in [3.8, 4) is 11.1 Å². The van der Waals surface area contributed by atoms with Crippen LogP contribution in [-0.4, -0.2) is 31.5 Å². The highest BCUT2D eigenvalue weighted by Gasteiger charge is 2.52. The molecule has 2 aliphatic carbocycles. The molecule has 2 saturated heterocycles. The number of ether oxygens (including phenoxy) is 1. The highest BCUT2D eigenvalue weighted by molar-refractivity contribution is 14.1. The second-order valence-corrected chi connectivity index (χ2v) is 17.6. The third-order valence-corrected chi connectivity index (χ3v) is 12.0. The Bertz CT molecular complexity index is 2280. The van der Waals surface area contributed by atoms with Crippen molar-refractivity contribution >= 4 is 113 Å². The molecule has 0 saturated carbocycles. The van der Waals surface area contributed by atoms with E-state index < -0.39 is 0 Å². The van der Waals surface area contributed by atoms with E-state index in [9.17, 15) is 0 Å². The third-order valence-electron chi connectivity index (χ3n) is 10.4. The van der Waals surface area contributed by atoms with E-state index in [4.69, 9.17) is 14.0 Å². The minimum absolute atomic E-state index is 0.306. The summed E-state index contributed by atoms with van der Waals surface area (Å²) in [5, 5.41) is 5.25. The smallest absolute Gasteiger partial charge is 0.399 e. The highest BCUT2D eigenvalue weighted by Crippen LogP contribution is 2.39. The van der Waals surface area contributed by atoms with Crippen LogP contribution < -0.4 is 5.46 Å². The highest BCUT2D eigenvalue weighted by atomic mass is 127. The SMILES string of the molecule is Brc1cccc(-c2ccc3c4c(cccc24)C=C3)c1.Brc1cccc(I)c1.C1CCOC1.CC1(C)OB(c2ccc3c4c(cccc24)C=C3)OC1(C)C. The summed E-state index contributed by atoms with van der Waals surface area (Å²) in [7, 11) is -0.306. The second-order valence-electron chi connectivity index (χ2n) is 14.5. The van der Waals surface area contributed by atoms with Gasteiger partial charge in [0.1, 0.15) is 0 Å². The van der Waals surface area contributed by atoms with Gasteiger partial charge < -0.3 is 14.0 Å². The van der Waals surface area contributed by atoms with E-state index in [1.807, 2.05) is 12.1 Å². The molecule has 2 aliphatic heterocycles. The van der Waals surface area contributed by atoms with Crippen molar-refractivity contribution in [2.45, 2.75) is 51.7 Å². The lowest BCUT2D eigenvalue weighted by Crippen LogP contribution is -2.41. The molecule has 0 aromatic heterocycles. The van der Waals surface area contributed by atoms with Gasteiger partial charge in [-0.05, 0) is 154 Å². The van der Waals surface area contributed by atoms with Crippen molar-refractivity contribution in [3.63, 3.8) is 0 Å². The molecule has 0 bridgehead atoms. The number of hydrogen-bond acceptors (Lipinski definition) is 3. The summed E-state index contributed by atoms with van der Waals surface area (Å²) in [6.07, 6.45) is 11.3. The van der Waals surface area contributed by atoms with Gasteiger partial charge in [0.15, 0.2) is 0 Å². The number of rotatable bonds is 2. The lowest BCUT2D eigenvalue weighted by atomic mass is 9.75. The van der Waals surface area contributed by atoms with Gasteiger partial charge in [-0.15, -0.1) is 0 Å². The van der Waals surface area contributed by atoms with Gasteiger partial charge >= 0.3 is 7.12 Å². The lowest BCUT2D eigenvalue weighted by molar-refractivity contribution is 0.00578. The molecular weight excluding hydrogens is 898 g/mol. The normalized spacial score (nSPS) is 16.5. The summed E-state index contributed by atoms with van der Waals surface area (Å²) >= 11 is 9.19. The first-order valence-electron chi connectivity index (χ1n) is 18.1. The maximum Gasteiger partial charge on any atom is 0.495 e. The van der Waals surface area contributed by atoms with Gasteiger partial charge in [0.05, 0.1) is 11.2 Å². The Hall–Kier alpha value is -3.05. The summed E-state index contributed by atoms with van der Waals surface area (Å²) in [4.78, 5) is 0. The molecule has 3 nitrogen and oxygen atoms in total. The van der Waals surface area contributed by atoms with Gasteiger partial charge in [0.2, 0.25) is 0 Å². The molecule has 2 heterocycles. The number of hydrogen-bond donors (Lipinski definition) is 0. The molecule has 0 spiro atoms. The largest absolute Gasteiger partial charge is 0.495 e. The average Bonchev–Trinajstić information content (AvgIpc) is 3.96. The summed E-state index contributed by atoms with van der Waals surface area (Å²) in [5.41, 5.74) is 8.26. The summed E-state index contributed by atoms with van der Waals surface area (Å²) in [6.45, 7) is 10.4. The molecule has 0 radical (unpaired) electrons. The monoisotopic (exact) mass is 938 g/mol. The van der Waals surface area contributed by atoms with Crippen LogP contribution in [0.4, 0.5) is 0 Å². The van der Waals surface area contributed by atoms with Gasteiger partial charge in [0.25, 0.3) is 0 Å². The topological polar surface area (TPSA) is 27.7 Å². The van der Waals surface area contributed by atoms with Crippen molar-refractivity contribution < 1.29 is 14.0 Å². The molecule has 0 atom stereocenters. The summed E-state index contributed by atoms with van der Waals surface area (Å²) in [6, 6.07) is 38.3. The van der Waals surface area contributed by atoms with E-state index in [2.05, 4.69) is 204 Å². The fourth-order valence-electron chi connectivity index (χ4n) is 6.92. The second kappa shape index (κ2) is 16.4. The van der Waals surface area contributed by atoms with Crippen LogP contribution in [-0.2, 0) is 14.0 Å². The Balaban J connectivity index is 0.000000124. The molecule has 6 aromatic carbocycles. The van der Waals surface area contributed by atoms with E-state index in [-0.39, 0.29) is 18.3 Å². The molecule has 7 heteroatoms. The molecule has 2 fully saturated rings. The van der Waals surface area contributed by atoms with Crippen molar-refractivity contribution in [2.24, 2.45) is 0 Å². The van der Waals surface area contributed by atoms with Crippen LogP contribution in [0, 0.1) is 3.57 Å². The van der Waals surface area contributed by atoms with Crippen molar-refractivity contribution in [3.05, 3.63) is 144 Å². The Morgan fingerprint density at radius 1 is 0.566 bits per heavy atom. The Kier molecular flexibility index (Phi) is 11.8. The summed E-state index contributed by atoms with van der Waals surface area (Å²) in [5.74, 6) is 0. The van der Waals surface area contributed by atoms with Crippen LogP contribution in [0.25, 0.3) is 57.0 Å². The first kappa shape index (κ1) is 38.2. The third kappa shape index (κ3) is 8.46. The summed E-state index contributed by atoms with van der Waals surface area (Å²) < 4.78 is 20.9. The van der Waals surface area contributed by atoms with Crippen LogP contribution in [0.2, 0.25) is 0 Å². The van der Waals surface area contributed by atoms with E-state index in [1.165, 1.54) is 71.3 Å². The zero-order valence-corrected chi connectivity index (χ0v) is 35.8. The lowest BCUT2D eigenvalue weighted by Gasteiger charge is -2.32.